The minimum atomic E-state index is -3.44. The SMILES string of the molecule is CC(C)NS(=O)(=O)Cc1ccccc1CNC(=O)COc1ccc(C(C)(C)C)cc1. The first-order chi connectivity index (χ1) is 14.0. The van der Waals surface area contributed by atoms with Crippen molar-refractivity contribution in [1.82, 2.24) is 10.0 Å². The zero-order valence-corrected chi connectivity index (χ0v) is 19.2. The van der Waals surface area contributed by atoms with Crippen LogP contribution >= 0.6 is 0 Å². The molecule has 164 valence electrons. The van der Waals surface area contributed by atoms with Gasteiger partial charge in [0.1, 0.15) is 5.75 Å². The van der Waals surface area contributed by atoms with Crippen LogP contribution in [0.15, 0.2) is 48.5 Å². The third-order valence-electron chi connectivity index (χ3n) is 4.45. The van der Waals surface area contributed by atoms with E-state index in [2.05, 4.69) is 30.8 Å². The summed E-state index contributed by atoms with van der Waals surface area (Å²) in [5.41, 5.74) is 2.67. The van der Waals surface area contributed by atoms with Crippen molar-refractivity contribution >= 4 is 15.9 Å². The van der Waals surface area contributed by atoms with Gasteiger partial charge in [-0.05, 0) is 48.1 Å². The normalized spacial score (nSPS) is 12.1. The van der Waals surface area contributed by atoms with E-state index in [-0.39, 0.29) is 36.3 Å². The van der Waals surface area contributed by atoms with E-state index in [1.807, 2.05) is 36.4 Å². The molecular formula is C23H32N2O4S. The van der Waals surface area contributed by atoms with Crippen LogP contribution in [0.1, 0.15) is 51.3 Å². The Labute approximate surface area is 180 Å². The van der Waals surface area contributed by atoms with Gasteiger partial charge in [-0.1, -0.05) is 57.2 Å². The molecule has 0 fully saturated rings. The molecule has 2 N–H and O–H groups in total. The lowest BCUT2D eigenvalue weighted by atomic mass is 9.87. The predicted molar refractivity (Wildman–Crippen MR) is 120 cm³/mol. The Hall–Kier alpha value is -2.38. The van der Waals surface area contributed by atoms with Crippen molar-refractivity contribution < 1.29 is 17.9 Å². The number of carbonyl (C=O) groups is 1. The lowest BCUT2D eigenvalue weighted by molar-refractivity contribution is -0.123. The van der Waals surface area contributed by atoms with Gasteiger partial charge in [-0.2, -0.15) is 0 Å². The molecule has 0 radical (unpaired) electrons. The molecular weight excluding hydrogens is 400 g/mol. The molecule has 2 aromatic carbocycles. The Balaban J connectivity index is 1.91. The van der Waals surface area contributed by atoms with Crippen LogP contribution in [0.2, 0.25) is 0 Å². The van der Waals surface area contributed by atoms with Crippen LogP contribution in [0, 0.1) is 0 Å². The highest BCUT2D eigenvalue weighted by Crippen LogP contribution is 2.24. The molecule has 0 bridgehead atoms. The maximum absolute atomic E-state index is 12.2. The number of amides is 1. The van der Waals surface area contributed by atoms with Crippen LogP contribution in [0.4, 0.5) is 0 Å². The molecule has 0 aliphatic carbocycles. The zero-order chi connectivity index (χ0) is 22.4. The number of carbonyl (C=O) groups excluding carboxylic acids is 1. The smallest absolute Gasteiger partial charge is 0.258 e. The van der Waals surface area contributed by atoms with Crippen molar-refractivity contribution in [2.75, 3.05) is 6.61 Å². The fourth-order valence-corrected chi connectivity index (χ4v) is 4.41. The van der Waals surface area contributed by atoms with Crippen molar-refractivity contribution in [3.63, 3.8) is 0 Å². The van der Waals surface area contributed by atoms with E-state index in [1.165, 1.54) is 5.56 Å². The van der Waals surface area contributed by atoms with Crippen LogP contribution in [-0.2, 0) is 32.5 Å². The summed E-state index contributed by atoms with van der Waals surface area (Å²) in [4.78, 5) is 12.2. The van der Waals surface area contributed by atoms with Crippen molar-refractivity contribution in [2.24, 2.45) is 0 Å². The number of benzene rings is 2. The quantitative estimate of drug-likeness (QED) is 0.635. The highest BCUT2D eigenvalue weighted by atomic mass is 32.2. The summed E-state index contributed by atoms with van der Waals surface area (Å²) in [5, 5.41) is 2.79. The molecule has 0 aliphatic rings. The highest BCUT2D eigenvalue weighted by molar-refractivity contribution is 7.88. The molecule has 0 unspecified atom stereocenters. The lowest BCUT2D eigenvalue weighted by Gasteiger charge is -2.19. The van der Waals surface area contributed by atoms with Crippen LogP contribution < -0.4 is 14.8 Å². The Morgan fingerprint density at radius 2 is 1.60 bits per heavy atom. The van der Waals surface area contributed by atoms with Gasteiger partial charge in [0.2, 0.25) is 10.0 Å². The number of nitrogens with one attached hydrogen (secondary N) is 2. The fraction of sp³-hybridized carbons (Fsp3) is 0.435. The molecule has 0 saturated carbocycles. The van der Waals surface area contributed by atoms with Gasteiger partial charge in [0.25, 0.3) is 5.91 Å². The van der Waals surface area contributed by atoms with Crippen LogP contribution in [0.3, 0.4) is 0 Å². The number of hydrogen-bond acceptors (Lipinski definition) is 4. The molecule has 2 aromatic rings. The monoisotopic (exact) mass is 432 g/mol. The van der Waals surface area contributed by atoms with Crippen LogP contribution in [-0.4, -0.2) is 27.0 Å². The second kappa shape index (κ2) is 10.1. The van der Waals surface area contributed by atoms with Crippen molar-refractivity contribution in [2.45, 2.75) is 58.4 Å². The largest absolute Gasteiger partial charge is 0.484 e. The van der Waals surface area contributed by atoms with E-state index in [0.29, 0.717) is 11.3 Å². The first kappa shape index (κ1) is 23.9. The molecule has 0 atom stereocenters. The summed E-state index contributed by atoms with van der Waals surface area (Å²) in [6.07, 6.45) is 0. The van der Waals surface area contributed by atoms with Crippen LogP contribution in [0.25, 0.3) is 0 Å². The van der Waals surface area contributed by atoms with E-state index in [9.17, 15) is 13.2 Å². The van der Waals surface area contributed by atoms with Crippen LogP contribution in [0.5, 0.6) is 5.75 Å². The van der Waals surface area contributed by atoms with Gasteiger partial charge in [0.05, 0.1) is 5.75 Å². The van der Waals surface area contributed by atoms with Gasteiger partial charge in [-0.3, -0.25) is 4.79 Å². The van der Waals surface area contributed by atoms with Gasteiger partial charge >= 0.3 is 0 Å². The van der Waals surface area contributed by atoms with Crippen molar-refractivity contribution in [1.29, 1.82) is 0 Å². The minimum Gasteiger partial charge on any atom is -0.484 e. The van der Waals surface area contributed by atoms with E-state index in [0.717, 1.165) is 5.56 Å². The Morgan fingerprint density at radius 1 is 1.00 bits per heavy atom. The molecule has 2 rings (SSSR count). The zero-order valence-electron chi connectivity index (χ0n) is 18.4. The first-order valence-electron chi connectivity index (χ1n) is 10.0. The van der Waals surface area contributed by atoms with E-state index in [4.69, 9.17) is 4.74 Å². The number of rotatable bonds is 9. The van der Waals surface area contributed by atoms with E-state index >= 15 is 0 Å². The van der Waals surface area contributed by atoms with Gasteiger partial charge in [-0.25, -0.2) is 13.1 Å². The number of hydrogen-bond donors (Lipinski definition) is 2. The van der Waals surface area contributed by atoms with E-state index < -0.39 is 10.0 Å². The summed E-state index contributed by atoms with van der Waals surface area (Å²) in [7, 11) is -3.44. The van der Waals surface area contributed by atoms with Crippen molar-refractivity contribution in [3.8, 4) is 5.75 Å². The maximum Gasteiger partial charge on any atom is 0.258 e. The summed E-state index contributed by atoms with van der Waals surface area (Å²) in [5.74, 6) is 0.227. The predicted octanol–water partition coefficient (Wildman–Crippen LogP) is 3.51. The third kappa shape index (κ3) is 7.80. The molecule has 0 saturated heterocycles. The first-order valence-corrected chi connectivity index (χ1v) is 11.7. The molecule has 0 aliphatic heterocycles. The lowest BCUT2D eigenvalue weighted by Crippen LogP contribution is -2.32. The third-order valence-corrected chi connectivity index (χ3v) is 5.97. The summed E-state index contributed by atoms with van der Waals surface area (Å²) in [6, 6.07) is 14.7. The van der Waals surface area contributed by atoms with Gasteiger partial charge < -0.3 is 10.1 Å². The summed E-state index contributed by atoms with van der Waals surface area (Å²) < 4.78 is 32.6. The Morgan fingerprint density at radius 3 is 2.17 bits per heavy atom. The molecule has 1 amide bonds. The molecule has 7 heteroatoms. The number of ether oxygens (including phenoxy) is 1. The molecule has 6 nitrogen and oxygen atoms in total. The standard InChI is InChI=1S/C23H32N2O4S/c1-17(2)25-30(27,28)16-19-9-7-6-8-18(19)14-24-22(26)15-29-21-12-10-20(11-13-21)23(3,4)5/h6-13,17,25H,14-16H2,1-5H3,(H,24,26). The summed E-state index contributed by atoms with van der Waals surface area (Å²) in [6.45, 7) is 10.1. The minimum absolute atomic E-state index is 0.0570. The molecule has 0 heterocycles. The molecule has 30 heavy (non-hydrogen) atoms. The van der Waals surface area contributed by atoms with Crippen molar-refractivity contribution in [3.05, 3.63) is 65.2 Å². The molecule has 0 aromatic heterocycles. The van der Waals surface area contributed by atoms with Gasteiger partial charge in [0, 0.05) is 12.6 Å². The second-order valence-electron chi connectivity index (χ2n) is 8.64. The number of sulfonamides is 1. The Kier molecular flexibility index (Phi) is 8.03. The highest BCUT2D eigenvalue weighted by Gasteiger charge is 2.16. The van der Waals surface area contributed by atoms with E-state index in [1.54, 1.807) is 26.0 Å². The Bertz CT molecular complexity index is 946. The average molecular weight is 433 g/mol. The molecule has 0 spiro atoms. The average Bonchev–Trinajstić information content (AvgIpc) is 2.64. The van der Waals surface area contributed by atoms with Gasteiger partial charge in [0.15, 0.2) is 6.61 Å². The second-order valence-corrected chi connectivity index (χ2v) is 10.4. The summed E-state index contributed by atoms with van der Waals surface area (Å²) >= 11 is 0. The van der Waals surface area contributed by atoms with Gasteiger partial charge in [-0.15, -0.1) is 0 Å². The fourth-order valence-electron chi connectivity index (χ4n) is 2.92. The maximum atomic E-state index is 12.2. The topological polar surface area (TPSA) is 84.5 Å².